The molecule has 6 nitrogen and oxygen atoms in total. The Morgan fingerprint density at radius 1 is 0.909 bits per heavy atom. The van der Waals surface area contributed by atoms with Gasteiger partial charge in [-0.2, -0.15) is 0 Å². The van der Waals surface area contributed by atoms with E-state index < -0.39 is 12.0 Å². The summed E-state index contributed by atoms with van der Waals surface area (Å²) in [6, 6.07) is 25.2. The molecule has 0 saturated carbocycles. The molecule has 6 heteroatoms. The van der Waals surface area contributed by atoms with Gasteiger partial charge in [0.25, 0.3) is 0 Å². The van der Waals surface area contributed by atoms with Crippen LogP contribution < -0.4 is 11.1 Å². The van der Waals surface area contributed by atoms with Crippen LogP contribution in [-0.4, -0.2) is 41.5 Å². The number of carbonyl (C=O) groups is 2. The Balaban J connectivity index is 1.80. The normalized spacial score (nSPS) is 11.7. The second-order valence-electron chi connectivity index (χ2n) is 8.11. The second kappa shape index (κ2) is 11.8. The monoisotopic (exact) mass is 445 g/mol. The fraction of sp³-hybridized carbons (Fsp3) is 0.259. The molecule has 0 fully saturated rings. The molecule has 3 aromatic carbocycles. The van der Waals surface area contributed by atoms with E-state index in [0.29, 0.717) is 25.9 Å². The van der Waals surface area contributed by atoms with Gasteiger partial charge in [-0.05, 0) is 48.2 Å². The molecule has 0 bridgehead atoms. The van der Waals surface area contributed by atoms with Crippen LogP contribution >= 0.6 is 0 Å². The summed E-state index contributed by atoms with van der Waals surface area (Å²) in [6.07, 6.45) is 1.07. The molecule has 0 aliphatic carbocycles. The van der Waals surface area contributed by atoms with Gasteiger partial charge in [0, 0.05) is 13.6 Å². The fourth-order valence-corrected chi connectivity index (χ4v) is 3.84. The van der Waals surface area contributed by atoms with Crippen LogP contribution in [0.1, 0.15) is 35.4 Å². The molecule has 0 aromatic heterocycles. The van der Waals surface area contributed by atoms with E-state index in [4.69, 9.17) is 5.73 Å². The van der Waals surface area contributed by atoms with Crippen LogP contribution in [0.3, 0.4) is 0 Å². The van der Waals surface area contributed by atoms with E-state index >= 15 is 0 Å². The number of aromatic hydroxyl groups is 1. The molecule has 1 atom stereocenters. The number of nitrogens with one attached hydrogen (secondary N) is 1. The van der Waals surface area contributed by atoms with E-state index in [2.05, 4.69) is 5.32 Å². The van der Waals surface area contributed by atoms with Crippen molar-refractivity contribution in [1.82, 2.24) is 10.2 Å². The van der Waals surface area contributed by atoms with Crippen LogP contribution in [0, 0.1) is 0 Å². The Morgan fingerprint density at radius 3 is 1.97 bits per heavy atom. The van der Waals surface area contributed by atoms with E-state index in [-0.39, 0.29) is 17.6 Å². The first-order valence-electron chi connectivity index (χ1n) is 11.1. The molecule has 4 N–H and O–H groups in total. The Labute approximate surface area is 195 Å². The largest absolute Gasteiger partial charge is 0.508 e. The van der Waals surface area contributed by atoms with Gasteiger partial charge in [-0.1, -0.05) is 72.8 Å². The van der Waals surface area contributed by atoms with Crippen LogP contribution in [0.4, 0.5) is 0 Å². The first-order valence-corrected chi connectivity index (χ1v) is 11.1. The van der Waals surface area contributed by atoms with Crippen LogP contribution in [0.25, 0.3) is 0 Å². The zero-order chi connectivity index (χ0) is 23.6. The van der Waals surface area contributed by atoms with Gasteiger partial charge in [0.1, 0.15) is 11.8 Å². The fourth-order valence-electron chi connectivity index (χ4n) is 3.84. The number of nitrogens with two attached hydrogens (primary N) is 1. The third-order valence-electron chi connectivity index (χ3n) is 5.57. The SMILES string of the molecule is CN(Cc1ccc(O)cc1)C(=O)[C@@H](CCCN)NC(=O)C(c1ccccc1)c1ccccc1. The number of nitrogens with zero attached hydrogens (tertiary/aromatic N) is 1. The number of carbonyl (C=O) groups excluding carboxylic acids is 2. The van der Waals surface area contributed by atoms with Crippen LogP contribution in [0.2, 0.25) is 0 Å². The molecule has 3 aromatic rings. The molecule has 0 heterocycles. The molecular formula is C27H31N3O3. The standard InChI is InChI=1S/C27H31N3O3/c1-30(19-20-14-16-23(31)17-15-20)27(33)24(13-8-18-28)29-26(32)25(21-9-4-2-5-10-21)22-11-6-3-7-12-22/h2-7,9-12,14-17,24-25,31H,8,13,18-19,28H2,1H3,(H,29,32)/t24-/m1/s1. The number of phenolic OH excluding ortho intramolecular Hbond substituents is 1. The summed E-state index contributed by atoms with van der Waals surface area (Å²) in [6.45, 7) is 0.803. The van der Waals surface area contributed by atoms with Crippen LogP contribution in [0.15, 0.2) is 84.9 Å². The summed E-state index contributed by atoms with van der Waals surface area (Å²) in [5, 5.41) is 12.5. The average molecular weight is 446 g/mol. The van der Waals surface area contributed by atoms with Crippen molar-refractivity contribution in [3.8, 4) is 5.75 Å². The summed E-state index contributed by atoms with van der Waals surface area (Å²) in [4.78, 5) is 28.4. The Hall–Kier alpha value is -3.64. The minimum Gasteiger partial charge on any atom is -0.508 e. The topological polar surface area (TPSA) is 95.7 Å². The van der Waals surface area contributed by atoms with E-state index in [0.717, 1.165) is 16.7 Å². The van der Waals surface area contributed by atoms with Crippen molar-refractivity contribution in [2.75, 3.05) is 13.6 Å². The molecular weight excluding hydrogens is 414 g/mol. The maximum Gasteiger partial charge on any atom is 0.245 e. The highest BCUT2D eigenvalue weighted by atomic mass is 16.3. The van der Waals surface area contributed by atoms with Crippen molar-refractivity contribution in [2.24, 2.45) is 5.73 Å². The number of amides is 2. The lowest BCUT2D eigenvalue weighted by atomic mass is 9.90. The molecule has 3 rings (SSSR count). The Bertz CT molecular complexity index is 984. The molecule has 0 spiro atoms. The number of benzene rings is 3. The average Bonchev–Trinajstić information content (AvgIpc) is 2.84. The molecule has 33 heavy (non-hydrogen) atoms. The quantitative estimate of drug-likeness (QED) is 0.446. The van der Waals surface area contributed by atoms with Crippen molar-refractivity contribution in [1.29, 1.82) is 0 Å². The molecule has 172 valence electrons. The molecule has 0 aliphatic rings. The summed E-state index contributed by atoms with van der Waals surface area (Å²) in [5.41, 5.74) is 8.32. The van der Waals surface area contributed by atoms with Crippen molar-refractivity contribution in [3.63, 3.8) is 0 Å². The number of phenols is 1. The van der Waals surface area contributed by atoms with Gasteiger partial charge in [0.05, 0.1) is 5.92 Å². The highest BCUT2D eigenvalue weighted by Crippen LogP contribution is 2.25. The van der Waals surface area contributed by atoms with Crippen LogP contribution in [0.5, 0.6) is 5.75 Å². The smallest absolute Gasteiger partial charge is 0.245 e. The summed E-state index contributed by atoms with van der Waals surface area (Å²) >= 11 is 0. The lowest BCUT2D eigenvalue weighted by molar-refractivity contribution is -0.136. The predicted octanol–water partition coefficient (Wildman–Crippen LogP) is 3.41. The minimum absolute atomic E-state index is 0.175. The highest BCUT2D eigenvalue weighted by molar-refractivity contribution is 5.92. The van der Waals surface area contributed by atoms with Crippen molar-refractivity contribution in [3.05, 3.63) is 102 Å². The first kappa shape index (κ1) is 24.0. The molecule has 2 amide bonds. The molecule has 0 saturated heterocycles. The van der Waals surface area contributed by atoms with E-state index in [9.17, 15) is 14.7 Å². The molecule has 0 aliphatic heterocycles. The van der Waals surface area contributed by atoms with Gasteiger partial charge in [-0.3, -0.25) is 9.59 Å². The van der Waals surface area contributed by atoms with Gasteiger partial charge < -0.3 is 21.1 Å². The number of likely N-dealkylation sites (N-methyl/N-ethyl adjacent to an activating group) is 1. The lowest BCUT2D eigenvalue weighted by Crippen LogP contribution is -2.48. The van der Waals surface area contributed by atoms with Gasteiger partial charge in [0.2, 0.25) is 11.8 Å². The number of rotatable bonds is 10. The zero-order valence-electron chi connectivity index (χ0n) is 18.9. The maximum absolute atomic E-state index is 13.5. The third kappa shape index (κ3) is 6.67. The zero-order valence-corrected chi connectivity index (χ0v) is 18.9. The Kier molecular flexibility index (Phi) is 8.61. The molecule has 0 radical (unpaired) electrons. The van der Waals surface area contributed by atoms with E-state index in [1.807, 2.05) is 60.7 Å². The highest BCUT2D eigenvalue weighted by Gasteiger charge is 2.29. The van der Waals surface area contributed by atoms with Gasteiger partial charge in [-0.15, -0.1) is 0 Å². The van der Waals surface area contributed by atoms with Crippen molar-refractivity contribution < 1.29 is 14.7 Å². The minimum atomic E-state index is -0.682. The third-order valence-corrected chi connectivity index (χ3v) is 5.57. The van der Waals surface area contributed by atoms with Gasteiger partial charge >= 0.3 is 0 Å². The first-order chi connectivity index (χ1) is 16.0. The summed E-state index contributed by atoms with van der Waals surface area (Å²) < 4.78 is 0. The predicted molar refractivity (Wildman–Crippen MR) is 130 cm³/mol. The van der Waals surface area contributed by atoms with Crippen molar-refractivity contribution >= 4 is 11.8 Å². The van der Waals surface area contributed by atoms with Gasteiger partial charge in [-0.25, -0.2) is 0 Å². The Morgan fingerprint density at radius 2 is 1.45 bits per heavy atom. The van der Waals surface area contributed by atoms with E-state index in [1.54, 1.807) is 36.2 Å². The van der Waals surface area contributed by atoms with E-state index in [1.165, 1.54) is 0 Å². The summed E-state index contributed by atoms with van der Waals surface area (Å²) in [7, 11) is 1.71. The summed E-state index contributed by atoms with van der Waals surface area (Å²) in [5.74, 6) is -0.748. The van der Waals surface area contributed by atoms with Crippen molar-refractivity contribution in [2.45, 2.75) is 31.3 Å². The maximum atomic E-state index is 13.5. The lowest BCUT2D eigenvalue weighted by Gasteiger charge is -2.27. The van der Waals surface area contributed by atoms with Gasteiger partial charge in [0.15, 0.2) is 0 Å². The van der Waals surface area contributed by atoms with Crippen LogP contribution in [-0.2, 0) is 16.1 Å². The second-order valence-corrected chi connectivity index (χ2v) is 8.11. The number of hydrogen-bond donors (Lipinski definition) is 3. The number of hydrogen-bond acceptors (Lipinski definition) is 4. The molecule has 0 unspecified atom stereocenters.